The summed E-state index contributed by atoms with van der Waals surface area (Å²) in [6.45, 7) is 4.71. The first-order valence-corrected chi connectivity index (χ1v) is 3.55. The minimum atomic E-state index is -0.677. The van der Waals surface area contributed by atoms with Gasteiger partial charge in [-0.25, -0.2) is 4.79 Å². The Morgan fingerprint density at radius 3 is 2.60 bits per heavy atom. The number of rotatable bonds is 4. The SMILES string of the molecule is CC(C)CCCOC(N)=O. The second-order valence-corrected chi connectivity index (χ2v) is 2.70. The fourth-order valence-electron chi connectivity index (χ4n) is 0.664. The van der Waals surface area contributed by atoms with Crippen molar-refractivity contribution >= 4 is 6.09 Å². The van der Waals surface area contributed by atoms with E-state index in [0.29, 0.717) is 12.5 Å². The lowest BCUT2D eigenvalue weighted by atomic mass is 10.1. The first-order valence-electron chi connectivity index (χ1n) is 3.55. The molecule has 3 nitrogen and oxygen atoms in total. The van der Waals surface area contributed by atoms with Crippen molar-refractivity contribution in [3.05, 3.63) is 0 Å². The van der Waals surface area contributed by atoms with Crippen molar-refractivity contribution in [2.75, 3.05) is 6.61 Å². The molecule has 0 aliphatic rings. The van der Waals surface area contributed by atoms with Crippen LogP contribution in [0.3, 0.4) is 0 Å². The van der Waals surface area contributed by atoms with Gasteiger partial charge in [-0.2, -0.15) is 0 Å². The van der Waals surface area contributed by atoms with Gasteiger partial charge >= 0.3 is 6.09 Å². The Kier molecular flexibility index (Phi) is 4.72. The van der Waals surface area contributed by atoms with E-state index in [-0.39, 0.29) is 0 Å². The molecule has 2 N–H and O–H groups in total. The molecule has 0 aromatic carbocycles. The van der Waals surface area contributed by atoms with Gasteiger partial charge in [0, 0.05) is 0 Å². The first kappa shape index (κ1) is 9.27. The number of carbonyl (C=O) groups is 1. The van der Waals surface area contributed by atoms with E-state index in [4.69, 9.17) is 5.73 Å². The van der Waals surface area contributed by atoms with Crippen LogP contribution in [0.25, 0.3) is 0 Å². The summed E-state index contributed by atoms with van der Waals surface area (Å²) in [5, 5.41) is 0. The normalized spacial score (nSPS) is 9.90. The van der Waals surface area contributed by atoms with Crippen molar-refractivity contribution in [3.63, 3.8) is 0 Å². The van der Waals surface area contributed by atoms with Gasteiger partial charge in [-0.05, 0) is 18.8 Å². The van der Waals surface area contributed by atoms with Gasteiger partial charge in [-0.1, -0.05) is 13.8 Å². The Bertz CT molecular complexity index is 102. The van der Waals surface area contributed by atoms with Crippen molar-refractivity contribution < 1.29 is 9.53 Å². The maximum absolute atomic E-state index is 10.0. The van der Waals surface area contributed by atoms with Crippen LogP contribution in [0.2, 0.25) is 0 Å². The van der Waals surface area contributed by atoms with Crippen LogP contribution in [0.1, 0.15) is 26.7 Å². The molecule has 0 radical (unpaired) electrons. The van der Waals surface area contributed by atoms with Crippen LogP contribution in [0, 0.1) is 5.92 Å². The lowest BCUT2D eigenvalue weighted by Crippen LogP contribution is -2.13. The summed E-state index contributed by atoms with van der Waals surface area (Å²) < 4.78 is 4.53. The number of hydrogen-bond donors (Lipinski definition) is 1. The predicted octanol–water partition coefficient (Wildman–Crippen LogP) is 1.52. The van der Waals surface area contributed by atoms with Crippen molar-refractivity contribution in [1.82, 2.24) is 0 Å². The van der Waals surface area contributed by atoms with Crippen LogP contribution in [-0.2, 0) is 4.74 Å². The average Bonchev–Trinajstić information content (AvgIpc) is 1.79. The Hall–Kier alpha value is -0.730. The van der Waals surface area contributed by atoms with Gasteiger partial charge in [0.25, 0.3) is 0 Å². The fraction of sp³-hybridized carbons (Fsp3) is 0.857. The summed E-state index contributed by atoms with van der Waals surface area (Å²) in [6.07, 6.45) is 1.30. The largest absolute Gasteiger partial charge is 0.450 e. The van der Waals surface area contributed by atoms with Crippen LogP contribution in [0.5, 0.6) is 0 Å². The van der Waals surface area contributed by atoms with Gasteiger partial charge < -0.3 is 10.5 Å². The van der Waals surface area contributed by atoms with Gasteiger partial charge in [-0.3, -0.25) is 0 Å². The maximum atomic E-state index is 10.0. The molecule has 0 unspecified atom stereocenters. The third-order valence-corrected chi connectivity index (χ3v) is 1.17. The number of nitrogens with two attached hydrogens (primary N) is 1. The molecular formula is C7H15NO2. The number of primary amides is 1. The molecule has 0 aromatic rings. The number of carbonyl (C=O) groups excluding carboxylic acids is 1. The molecule has 0 fully saturated rings. The zero-order valence-corrected chi connectivity index (χ0v) is 6.59. The van der Waals surface area contributed by atoms with Gasteiger partial charge in [-0.15, -0.1) is 0 Å². The van der Waals surface area contributed by atoms with Gasteiger partial charge in [0.05, 0.1) is 6.61 Å². The third kappa shape index (κ3) is 7.27. The quantitative estimate of drug-likeness (QED) is 0.610. The molecule has 0 spiro atoms. The summed E-state index contributed by atoms with van der Waals surface area (Å²) in [6, 6.07) is 0. The molecule has 1 amide bonds. The van der Waals surface area contributed by atoms with E-state index in [1.54, 1.807) is 0 Å². The highest BCUT2D eigenvalue weighted by Crippen LogP contribution is 2.02. The highest BCUT2D eigenvalue weighted by atomic mass is 16.5. The minimum Gasteiger partial charge on any atom is -0.450 e. The fourth-order valence-corrected chi connectivity index (χ4v) is 0.664. The monoisotopic (exact) mass is 145 g/mol. The lowest BCUT2D eigenvalue weighted by Gasteiger charge is -2.03. The minimum absolute atomic E-state index is 0.452. The molecule has 0 atom stereocenters. The molecule has 0 saturated carbocycles. The van der Waals surface area contributed by atoms with E-state index in [9.17, 15) is 4.79 Å². The molecule has 0 rings (SSSR count). The second kappa shape index (κ2) is 5.09. The van der Waals surface area contributed by atoms with E-state index in [0.717, 1.165) is 12.8 Å². The zero-order valence-electron chi connectivity index (χ0n) is 6.59. The van der Waals surface area contributed by atoms with Crippen LogP contribution >= 0.6 is 0 Å². The van der Waals surface area contributed by atoms with Crippen LogP contribution < -0.4 is 5.73 Å². The average molecular weight is 145 g/mol. The molecule has 60 valence electrons. The molecule has 10 heavy (non-hydrogen) atoms. The summed E-state index contributed by atoms with van der Waals surface area (Å²) in [4.78, 5) is 10.0. The summed E-state index contributed by atoms with van der Waals surface area (Å²) >= 11 is 0. The van der Waals surface area contributed by atoms with Crippen molar-refractivity contribution in [1.29, 1.82) is 0 Å². The van der Waals surface area contributed by atoms with Gasteiger partial charge in [0.2, 0.25) is 0 Å². The number of hydrogen-bond acceptors (Lipinski definition) is 2. The standard InChI is InChI=1S/C7H15NO2/c1-6(2)4-3-5-10-7(8)9/h6H,3-5H2,1-2H3,(H2,8,9). The van der Waals surface area contributed by atoms with Crippen LogP contribution in [0.15, 0.2) is 0 Å². The summed E-state index contributed by atoms with van der Waals surface area (Å²) in [5.74, 6) is 0.663. The van der Waals surface area contributed by atoms with Gasteiger partial charge in [0.15, 0.2) is 0 Å². The Morgan fingerprint density at radius 2 is 2.20 bits per heavy atom. The molecule has 0 saturated heterocycles. The molecule has 0 aliphatic heterocycles. The molecule has 0 heterocycles. The Morgan fingerprint density at radius 1 is 1.60 bits per heavy atom. The van der Waals surface area contributed by atoms with Crippen molar-refractivity contribution in [2.45, 2.75) is 26.7 Å². The van der Waals surface area contributed by atoms with E-state index in [1.807, 2.05) is 0 Å². The van der Waals surface area contributed by atoms with E-state index in [1.165, 1.54) is 0 Å². The second-order valence-electron chi connectivity index (χ2n) is 2.70. The highest BCUT2D eigenvalue weighted by Gasteiger charge is 1.95. The first-order chi connectivity index (χ1) is 4.63. The molecule has 0 aromatic heterocycles. The van der Waals surface area contributed by atoms with E-state index >= 15 is 0 Å². The predicted molar refractivity (Wildman–Crippen MR) is 39.6 cm³/mol. The maximum Gasteiger partial charge on any atom is 0.404 e. The number of ether oxygens (including phenoxy) is 1. The van der Waals surface area contributed by atoms with E-state index < -0.39 is 6.09 Å². The van der Waals surface area contributed by atoms with Crippen LogP contribution in [0.4, 0.5) is 4.79 Å². The summed E-state index contributed by atoms with van der Waals surface area (Å²) in [5.41, 5.74) is 4.75. The van der Waals surface area contributed by atoms with Crippen molar-refractivity contribution in [3.8, 4) is 0 Å². The van der Waals surface area contributed by atoms with E-state index in [2.05, 4.69) is 18.6 Å². The molecular weight excluding hydrogens is 130 g/mol. The summed E-state index contributed by atoms with van der Waals surface area (Å²) in [7, 11) is 0. The van der Waals surface area contributed by atoms with Crippen LogP contribution in [-0.4, -0.2) is 12.7 Å². The Balaban J connectivity index is 2.98. The van der Waals surface area contributed by atoms with Gasteiger partial charge in [0.1, 0.15) is 0 Å². The molecule has 3 heteroatoms. The van der Waals surface area contributed by atoms with Crippen molar-refractivity contribution in [2.24, 2.45) is 11.7 Å². The third-order valence-electron chi connectivity index (χ3n) is 1.17. The topological polar surface area (TPSA) is 52.3 Å². The molecule has 0 aliphatic carbocycles. The smallest absolute Gasteiger partial charge is 0.404 e. The number of amides is 1. The zero-order chi connectivity index (χ0) is 7.98. The molecule has 0 bridgehead atoms. The lowest BCUT2D eigenvalue weighted by molar-refractivity contribution is 0.153. The highest BCUT2D eigenvalue weighted by molar-refractivity contribution is 5.64. The Labute approximate surface area is 61.5 Å².